The number of nitrogens with one attached hydrogen (secondary N) is 1. The zero-order chi connectivity index (χ0) is 17.0. The van der Waals surface area contributed by atoms with Crippen LogP contribution in [0.4, 0.5) is 5.69 Å². The van der Waals surface area contributed by atoms with E-state index in [1.165, 1.54) is 12.1 Å². The first kappa shape index (κ1) is 17.2. The van der Waals surface area contributed by atoms with Crippen molar-refractivity contribution in [2.24, 2.45) is 0 Å². The number of anilines is 1. The van der Waals surface area contributed by atoms with Crippen LogP contribution in [0.15, 0.2) is 59.5 Å². The number of rotatable bonds is 5. The van der Waals surface area contributed by atoms with E-state index in [1.807, 2.05) is 49.3 Å². The zero-order valence-corrected chi connectivity index (χ0v) is 14.2. The van der Waals surface area contributed by atoms with Gasteiger partial charge < -0.3 is 5.32 Å². The molecule has 0 fully saturated rings. The average Bonchev–Trinajstić information content (AvgIpc) is 2.47. The molecule has 0 heterocycles. The van der Waals surface area contributed by atoms with Gasteiger partial charge in [0.15, 0.2) is 9.84 Å². The van der Waals surface area contributed by atoms with Gasteiger partial charge in [0.25, 0.3) is 0 Å². The molecule has 1 atom stereocenters. The highest BCUT2D eigenvalue weighted by Gasteiger charge is 2.23. The molecular formula is C17H20N2O3S. The molecule has 0 aliphatic rings. The smallest absolute Gasteiger partial charge is 0.246 e. The fourth-order valence-electron chi connectivity index (χ4n) is 2.33. The SMILES string of the molecule is CN(C)C(C(=O)Nc1cccc(S(C)(=O)=O)c1)c1ccccc1. The van der Waals surface area contributed by atoms with Crippen molar-refractivity contribution in [1.29, 1.82) is 0 Å². The third-order valence-electron chi connectivity index (χ3n) is 3.41. The molecule has 0 bridgehead atoms. The maximum absolute atomic E-state index is 12.6. The number of hydrogen-bond acceptors (Lipinski definition) is 4. The summed E-state index contributed by atoms with van der Waals surface area (Å²) in [5, 5.41) is 2.79. The minimum atomic E-state index is -3.31. The fourth-order valence-corrected chi connectivity index (χ4v) is 3.00. The van der Waals surface area contributed by atoms with Crippen molar-refractivity contribution in [3.8, 4) is 0 Å². The van der Waals surface area contributed by atoms with E-state index in [2.05, 4.69) is 5.32 Å². The lowest BCUT2D eigenvalue weighted by Crippen LogP contribution is -2.32. The number of carbonyl (C=O) groups is 1. The monoisotopic (exact) mass is 332 g/mol. The van der Waals surface area contributed by atoms with Gasteiger partial charge in [-0.15, -0.1) is 0 Å². The minimum absolute atomic E-state index is 0.177. The number of hydrogen-bond donors (Lipinski definition) is 1. The summed E-state index contributed by atoms with van der Waals surface area (Å²) in [6.07, 6.45) is 1.14. The highest BCUT2D eigenvalue weighted by molar-refractivity contribution is 7.90. The zero-order valence-electron chi connectivity index (χ0n) is 13.4. The molecule has 6 heteroatoms. The Bertz CT molecular complexity index is 786. The molecule has 2 aromatic carbocycles. The Kier molecular flexibility index (Phi) is 5.18. The fraction of sp³-hybridized carbons (Fsp3) is 0.235. The largest absolute Gasteiger partial charge is 0.324 e. The van der Waals surface area contributed by atoms with Gasteiger partial charge in [-0.05, 0) is 37.9 Å². The number of benzene rings is 2. The molecule has 2 aromatic rings. The summed E-state index contributed by atoms with van der Waals surface area (Å²) in [6.45, 7) is 0. The maximum Gasteiger partial charge on any atom is 0.246 e. The molecule has 0 spiro atoms. The van der Waals surface area contributed by atoms with Gasteiger partial charge in [-0.1, -0.05) is 36.4 Å². The van der Waals surface area contributed by atoms with Crippen LogP contribution in [-0.2, 0) is 14.6 Å². The lowest BCUT2D eigenvalue weighted by atomic mass is 10.1. The third-order valence-corrected chi connectivity index (χ3v) is 4.52. The Hall–Kier alpha value is -2.18. The Labute approximate surface area is 136 Å². The van der Waals surface area contributed by atoms with Crippen LogP contribution < -0.4 is 5.32 Å². The summed E-state index contributed by atoms with van der Waals surface area (Å²) >= 11 is 0. The van der Waals surface area contributed by atoms with Crippen molar-refractivity contribution in [1.82, 2.24) is 4.90 Å². The molecule has 0 aliphatic heterocycles. The van der Waals surface area contributed by atoms with E-state index in [1.54, 1.807) is 12.1 Å². The van der Waals surface area contributed by atoms with Crippen LogP contribution in [0.5, 0.6) is 0 Å². The topological polar surface area (TPSA) is 66.5 Å². The highest BCUT2D eigenvalue weighted by atomic mass is 32.2. The maximum atomic E-state index is 12.6. The van der Waals surface area contributed by atoms with Crippen molar-refractivity contribution in [3.63, 3.8) is 0 Å². The Morgan fingerprint density at radius 1 is 1.04 bits per heavy atom. The summed E-state index contributed by atoms with van der Waals surface area (Å²) in [5.74, 6) is -0.216. The van der Waals surface area contributed by atoms with Crippen LogP contribution in [0.2, 0.25) is 0 Å². The number of carbonyl (C=O) groups excluding carboxylic acids is 1. The van der Waals surface area contributed by atoms with Gasteiger partial charge in [0.1, 0.15) is 6.04 Å². The summed E-state index contributed by atoms with van der Waals surface area (Å²) in [7, 11) is 0.336. The second-order valence-corrected chi connectivity index (χ2v) is 7.58. The van der Waals surface area contributed by atoms with Crippen molar-refractivity contribution >= 4 is 21.4 Å². The van der Waals surface area contributed by atoms with E-state index in [4.69, 9.17) is 0 Å². The number of amides is 1. The summed E-state index contributed by atoms with van der Waals surface area (Å²) in [6, 6.07) is 15.2. The number of likely N-dealkylation sites (N-methyl/N-ethyl adjacent to an activating group) is 1. The predicted octanol–water partition coefficient (Wildman–Crippen LogP) is 2.33. The normalized spacial score (nSPS) is 12.9. The Balaban J connectivity index is 2.26. The van der Waals surface area contributed by atoms with Crippen LogP contribution in [0.3, 0.4) is 0 Å². The van der Waals surface area contributed by atoms with E-state index in [-0.39, 0.29) is 10.8 Å². The van der Waals surface area contributed by atoms with E-state index >= 15 is 0 Å². The van der Waals surface area contributed by atoms with Crippen LogP contribution in [-0.4, -0.2) is 39.6 Å². The van der Waals surface area contributed by atoms with Crippen LogP contribution in [0.1, 0.15) is 11.6 Å². The molecular weight excluding hydrogens is 312 g/mol. The van der Waals surface area contributed by atoms with E-state index in [0.29, 0.717) is 5.69 Å². The predicted molar refractivity (Wildman–Crippen MR) is 91.1 cm³/mol. The van der Waals surface area contributed by atoms with Gasteiger partial charge in [0.05, 0.1) is 4.90 Å². The lowest BCUT2D eigenvalue weighted by molar-refractivity contribution is -0.120. The van der Waals surface area contributed by atoms with Crippen molar-refractivity contribution in [2.75, 3.05) is 25.7 Å². The van der Waals surface area contributed by atoms with Crippen molar-refractivity contribution < 1.29 is 13.2 Å². The van der Waals surface area contributed by atoms with E-state index in [9.17, 15) is 13.2 Å². The second kappa shape index (κ2) is 6.93. The molecule has 0 aromatic heterocycles. The van der Waals surface area contributed by atoms with Gasteiger partial charge in [0.2, 0.25) is 5.91 Å². The van der Waals surface area contributed by atoms with Crippen molar-refractivity contribution in [2.45, 2.75) is 10.9 Å². The first-order valence-electron chi connectivity index (χ1n) is 7.11. The molecule has 2 rings (SSSR count). The van der Waals surface area contributed by atoms with Gasteiger partial charge in [-0.25, -0.2) is 8.42 Å². The van der Waals surface area contributed by atoms with Crippen LogP contribution in [0, 0.1) is 0 Å². The summed E-state index contributed by atoms with van der Waals surface area (Å²) < 4.78 is 23.2. The third kappa shape index (κ3) is 4.40. The van der Waals surface area contributed by atoms with Crippen LogP contribution in [0.25, 0.3) is 0 Å². The molecule has 1 unspecified atom stereocenters. The molecule has 1 amide bonds. The summed E-state index contributed by atoms with van der Waals surface area (Å²) in [4.78, 5) is 14.6. The minimum Gasteiger partial charge on any atom is -0.324 e. The van der Waals surface area contributed by atoms with Gasteiger partial charge in [-0.3, -0.25) is 9.69 Å². The molecule has 122 valence electrons. The first-order valence-corrected chi connectivity index (χ1v) is 9.00. The molecule has 1 N–H and O–H groups in total. The van der Waals surface area contributed by atoms with E-state index in [0.717, 1.165) is 11.8 Å². The van der Waals surface area contributed by atoms with E-state index < -0.39 is 15.9 Å². The van der Waals surface area contributed by atoms with Gasteiger partial charge >= 0.3 is 0 Å². The quantitative estimate of drug-likeness (QED) is 0.912. The molecule has 5 nitrogen and oxygen atoms in total. The molecule has 0 radical (unpaired) electrons. The second-order valence-electron chi connectivity index (χ2n) is 5.57. The highest BCUT2D eigenvalue weighted by Crippen LogP contribution is 2.21. The average molecular weight is 332 g/mol. The number of sulfone groups is 1. The summed E-state index contributed by atoms with van der Waals surface area (Å²) in [5.41, 5.74) is 1.33. The standard InChI is InChI=1S/C17H20N2O3S/c1-19(2)16(13-8-5-4-6-9-13)17(20)18-14-10-7-11-15(12-14)23(3,21)22/h4-12,16H,1-3H3,(H,18,20). The lowest BCUT2D eigenvalue weighted by Gasteiger charge is -2.24. The molecule has 23 heavy (non-hydrogen) atoms. The first-order chi connectivity index (χ1) is 10.8. The molecule has 0 saturated heterocycles. The molecule has 0 aliphatic carbocycles. The number of nitrogens with zero attached hydrogens (tertiary/aromatic N) is 1. The van der Waals surface area contributed by atoms with Crippen LogP contribution >= 0.6 is 0 Å². The van der Waals surface area contributed by atoms with Gasteiger partial charge in [0, 0.05) is 11.9 Å². The Morgan fingerprint density at radius 3 is 2.26 bits per heavy atom. The Morgan fingerprint density at radius 2 is 1.70 bits per heavy atom. The molecule has 0 saturated carbocycles. The van der Waals surface area contributed by atoms with Gasteiger partial charge in [-0.2, -0.15) is 0 Å². The van der Waals surface area contributed by atoms with Crippen molar-refractivity contribution in [3.05, 3.63) is 60.2 Å².